The van der Waals surface area contributed by atoms with E-state index in [4.69, 9.17) is 0 Å². The van der Waals surface area contributed by atoms with E-state index >= 15 is 0 Å². The molecular formula is C28H59N. The monoisotopic (exact) mass is 409 g/mol. The molecule has 0 spiro atoms. The van der Waals surface area contributed by atoms with Crippen LogP contribution < -0.4 is 0 Å². The third-order valence-corrected chi connectivity index (χ3v) is 4.61. The number of rotatable bonds is 12. The first-order valence-electron chi connectivity index (χ1n) is 12.8. The smallest absolute Gasteiger partial charge is 0.0335 e. The van der Waals surface area contributed by atoms with E-state index in [9.17, 15) is 0 Å². The van der Waals surface area contributed by atoms with Crippen molar-refractivity contribution in [3.8, 4) is 0 Å². The van der Waals surface area contributed by atoms with E-state index in [-0.39, 0.29) is 0 Å². The Bertz CT molecular complexity index is 355. The van der Waals surface area contributed by atoms with Crippen LogP contribution in [0.15, 0.2) is 28.4 Å². The maximum Gasteiger partial charge on any atom is 0.0335 e. The van der Waals surface area contributed by atoms with E-state index in [2.05, 4.69) is 72.5 Å². The molecule has 1 nitrogen and oxygen atoms in total. The summed E-state index contributed by atoms with van der Waals surface area (Å²) in [5.74, 6) is 1.60. The van der Waals surface area contributed by atoms with E-state index < -0.39 is 0 Å². The number of allylic oxidation sites excluding steroid dienone is 4. The molecule has 0 fully saturated rings. The van der Waals surface area contributed by atoms with Crippen molar-refractivity contribution in [2.24, 2.45) is 16.8 Å². The predicted molar refractivity (Wildman–Crippen MR) is 141 cm³/mol. The Kier molecular flexibility index (Phi) is 39.1. The lowest BCUT2D eigenvalue weighted by molar-refractivity contribution is 0.454. The lowest BCUT2D eigenvalue weighted by Gasteiger charge is -2.08. The van der Waals surface area contributed by atoms with Gasteiger partial charge in [0.15, 0.2) is 0 Å². The van der Waals surface area contributed by atoms with Crippen LogP contribution in [0, 0.1) is 11.8 Å². The molecule has 29 heavy (non-hydrogen) atoms. The van der Waals surface area contributed by atoms with Crippen molar-refractivity contribution in [2.75, 3.05) is 0 Å². The van der Waals surface area contributed by atoms with Crippen LogP contribution >= 0.6 is 0 Å². The fourth-order valence-electron chi connectivity index (χ4n) is 2.58. The molecule has 0 aliphatic carbocycles. The minimum absolute atomic E-state index is 0.627. The molecule has 0 aromatic heterocycles. The Morgan fingerprint density at radius 2 is 1.31 bits per heavy atom. The Morgan fingerprint density at radius 3 is 1.66 bits per heavy atom. The van der Waals surface area contributed by atoms with Crippen molar-refractivity contribution in [3.63, 3.8) is 0 Å². The molecule has 0 heterocycles. The van der Waals surface area contributed by atoms with E-state index in [1.54, 1.807) is 0 Å². The molecule has 176 valence electrons. The molecule has 0 radical (unpaired) electrons. The summed E-state index contributed by atoms with van der Waals surface area (Å²) in [5, 5.41) is 0. The standard InChI is InChI=1S/C14H25N.C10H22.2C2H6/c1-6-9-14(8-3)11-15-13(5)10-12(4)7-2;1-4-6-8-10(3)9-7-5-2;2*1-2/h8,10-12H,6-7,9H2,1-5H3;10H,4-9H2,1-3H3;2*1-2H3/b13-10+,14-8-,15-11+;;;. The molecule has 0 amide bonds. The highest BCUT2D eigenvalue weighted by Gasteiger charge is 1.99. The molecule has 1 heteroatoms. The van der Waals surface area contributed by atoms with E-state index in [0.29, 0.717) is 5.92 Å². The SMILES string of the molecule is CC.CC.CCCCC(C)CCCC.C\C=C(/C=N/C(C)=C/C(C)CC)CCC. The lowest BCUT2D eigenvalue weighted by Crippen LogP contribution is -1.93. The van der Waals surface area contributed by atoms with Crippen LogP contribution in [0.4, 0.5) is 0 Å². The highest BCUT2D eigenvalue weighted by Crippen LogP contribution is 2.14. The molecule has 1 unspecified atom stereocenters. The lowest BCUT2D eigenvalue weighted by atomic mass is 9.98. The summed E-state index contributed by atoms with van der Waals surface area (Å²) < 4.78 is 0. The zero-order chi connectivity index (χ0) is 23.5. The second-order valence-corrected chi connectivity index (χ2v) is 7.45. The van der Waals surface area contributed by atoms with E-state index in [0.717, 1.165) is 18.0 Å². The molecule has 0 rings (SSSR count). The van der Waals surface area contributed by atoms with Gasteiger partial charge in [0.2, 0.25) is 0 Å². The average molecular weight is 410 g/mol. The Balaban J connectivity index is -0.000000193. The highest BCUT2D eigenvalue weighted by molar-refractivity contribution is 5.79. The summed E-state index contributed by atoms with van der Waals surface area (Å²) in [6, 6.07) is 0. The number of nitrogens with zero attached hydrogens (tertiary/aromatic N) is 1. The zero-order valence-electron chi connectivity index (χ0n) is 22.7. The molecule has 0 aromatic carbocycles. The average Bonchev–Trinajstić information content (AvgIpc) is 2.76. The fraction of sp³-hybridized carbons (Fsp3) is 0.821. The first-order valence-corrected chi connectivity index (χ1v) is 12.8. The second-order valence-electron chi connectivity index (χ2n) is 7.45. The second kappa shape index (κ2) is 31.8. The maximum atomic E-state index is 4.47. The molecule has 0 aliphatic rings. The molecule has 0 aliphatic heterocycles. The van der Waals surface area contributed by atoms with Crippen LogP contribution in [0.1, 0.15) is 141 Å². The number of hydrogen-bond acceptors (Lipinski definition) is 1. The van der Waals surface area contributed by atoms with Gasteiger partial charge < -0.3 is 0 Å². The van der Waals surface area contributed by atoms with Gasteiger partial charge in [0, 0.05) is 11.9 Å². The van der Waals surface area contributed by atoms with Crippen LogP contribution in [0.25, 0.3) is 0 Å². The van der Waals surface area contributed by atoms with Crippen molar-refractivity contribution in [3.05, 3.63) is 23.4 Å². The largest absolute Gasteiger partial charge is 0.262 e. The maximum absolute atomic E-state index is 4.47. The van der Waals surface area contributed by atoms with Crippen molar-refractivity contribution in [2.45, 2.75) is 141 Å². The van der Waals surface area contributed by atoms with Gasteiger partial charge in [-0.1, -0.05) is 133 Å². The van der Waals surface area contributed by atoms with E-state index in [1.165, 1.54) is 56.9 Å². The van der Waals surface area contributed by atoms with Crippen LogP contribution in [-0.2, 0) is 0 Å². The van der Waals surface area contributed by atoms with Gasteiger partial charge in [0.1, 0.15) is 0 Å². The van der Waals surface area contributed by atoms with Gasteiger partial charge in [-0.25, -0.2) is 0 Å². The number of unbranched alkanes of at least 4 members (excludes halogenated alkanes) is 2. The summed E-state index contributed by atoms with van der Waals surface area (Å²) in [6.45, 7) is 25.7. The molecule has 0 bridgehead atoms. The molecule has 1 atom stereocenters. The van der Waals surface area contributed by atoms with Gasteiger partial charge in [-0.05, 0) is 37.7 Å². The van der Waals surface area contributed by atoms with Crippen molar-refractivity contribution in [1.29, 1.82) is 0 Å². The van der Waals surface area contributed by atoms with Gasteiger partial charge in [0.25, 0.3) is 0 Å². The molecule has 0 saturated carbocycles. The fourth-order valence-corrected chi connectivity index (χ4v) is 2.58. The van der Waals surface area contributed by atoms with Gasteiger partial charge in [-0.15, -0.1) is 0 Å². The summed E-state index contributed by atoms with van der Waals surface area (Å²) in [7, 11) is 0. The third kappa shape index (κ3) is 32.0. The normalized spacial score (nSPS) is 12.4. The van der Waals surface area contributed by atoms with Crippen LogP contribution in [0.3, 0.4) is 0 Å². The summed E-state index contributed by atoms with van der Waals surface area (Å²) in [6.07, 6.45) is 18.3. The summed E-state index contributed by atoms with van der Waals surface area (Å²) in [5.41, 5.74) is 2.45. The molecule has 0 aromatic rings. The van der Waals surface area contributed by atoms with Crippen molar-refractivity contribution < 1.29 is 0 Å². The zero-order valence-corrected chi connectivity index (χ0v) is 22.7. The first-order chi connectivity index (χ1) is 13.9. The van der Waals surface area contributed by atoms with Crippen LogP contribution in [0.2, 0.25) is 0 Å². The summed E-state index contributed by atoms with van der Waals surface area (Å²) in [4.78, 5) is 4.47. The Labute approximate surface area is 187 Å². The Morgan fingerprint density at radius 1 is 0.828 bits per heavy atom. The molecule has 0 saturated heterocycles. The van der Waals surface area contributed by atoms with Crippen LogP contribution in [-0.4, -0.2) is 6.21 Å². The predicted octanol–water partition coefficient (Wildman–Crippen LogP) is 10.8. The molecule has 0 N–H and O–H groups in total. The Hall–Kier alpha value is -0.850. The summed E-state index contributed by atoms with van der Waals surface area (Å²) >= 11 is 0. The number of hydrogen-bond donors (Lipinski definition) is 0. The molecular weight excluding hydrogens is 350 g/mol. The minimum Gasteiger partial charge on any atom is -0.262 e. The topological polar surface area (TPSA) is 12.4 Å². The van der Waals surface area contributed by atoms with Gasteiger partial charge in [-0.2, -0.15) is 0 Å². The van der Waals surface area contributed by atoms with Crippen molar-refractivity contribution >= 4 is 6.21 Å². The van der Waals surface area contributed by atoms with Crippen molar-refractivity contribution in [1.82, 2.24) is 0 Å². The first kappa shape index (κ1) is 35.6. The van der Waals surface area contributed by atoms with Crippen LogP contribution in [0.5, 0.6) is 0 Å². The van der Waals surface area contributed by atoms with Gasteiger partial charge in [-0.3, -0.25) is 4.99 Å². The quantitative estimate of drug-likeness (QED) is 0.284. The van der Waals surface area contributed by atoms with Gasteiger partial charge in [0.05, 0.1) is 0 Å². The third-order valence-electron chi connectivity index (χ3n) is 4.61. The minimum atomic E-state index is 0.627. The highest BCUT2D eigenvalue weighted by atomic mass is 14.7. The number of aliphatic imine (C=N–C) groups is 1. The van der Waals surface area contributed by atoms with E-state index in [1.807, 2.05) is 33.9 Å². The van der Waals surface area contributed by atoms with Gasteiger partial charge >= 0.3 is 0 Å².